The van der Waals surface area contributed by atoms with Crippen molar-refractivity contribution in [2.45, 2.75) is 48.4 Å². The van der Waals surface area contributed by atoms with Crippen LogP contribution in [0.25, 0.3) is 0 Å². The first kappa shape index (κ1) is 22.6. The summed E-state index contributed by atoms with van der Waals surface area (Å²) in [5.41, 5.74) is 0. The molecule has 0 rings (SSSR count). The van der Waals surface area contributed by atoms with Gasteiger partial charge in [0.1, 0.15) is 0 Å². The smallest absolute Gasteiger partial charge is 0.199 e. The van der Waals surface area contributed by atoms with Crippen LogP contribution >= 0.6 is 0 Å². The van der Waals surface area contributed by atoms with Gasteiger partial charge in [-0.25, -0.2) is 0 Å². The van der Waals surface area contributed by atoms with E-state index < -0.39 is 48.4 Å². The van der Waals surface area contributed by atoms with Crippen molar-refractivity contribution < 1.29 is 52.7 Å². The summed E-state index contributed by atoms with van der Waals surface area (Å²) in [6, 6.07) is 0. The first-order valence-corrected chi connectivity index (χ1v) is 5.86. The maximum absolute atomic E-state index is 13.2. The Hall–Kier alpha value is -1.36. The maximum atomic E-state index is 13.2. The first-order chi connectivity index (χ1) is 10.4. The van der Waals surface area contributed by atoms with E-state index in [1.165, 1.54) is 0 Å². The summed E-state index contributed by atoms with van der Waals surface area (Å²) in [6.45, 7) is 4.98. The van der Waals surface area contributed by atoms with Gasteiger partial charge in [0.15, 0.2) is 0 Å². The topological polar surface area (TPSA) is 0 Å². The zero-order valence-corrected chi connectivity index (χ0v) is 11.5. The first-order valence-electron chi connectivity index (χ1n) is 5.86. The van der Waals surface area contributed by atoms with E-state index in [-0.39, 0.29) is 12.2 Å². The van der Waals surface area contributed by atoms with Crippen molar-refractivity contribution in [2.24, 2.45) is 0 Å². The number of rotatable bonds is 9. The number of allylic oxidation sites excluding steroid dienone is 2. The molecule has 0 bridgehead atoms. The van der Waals surface area contributed by atoms with Crippen LogP contribution in [0.15, 0.2) is 25.3 Å². The van der Waals surface area contributed by atoms with Crippen molar-refractivity contribution in [1.82, 2.24) is 0 Å². The molecule has 0 spiro atoms. The van der Waals surface area contributed by atoms with Crippen molar-refractivity contribution in [2.75, 3.05) is 0 Å². The third-order valence-corrected chi connectivity index (χ3v) is 2.90. The molecule has 0 nitrogen and oxygen atoms in total. The lowest BCUT2D eigenvalue weighted by Gasteiger charge is -2.41. The summed E-state index contributed by atoms with van der Waals surface area (Å²) >= 11 is 0. The predicted octanol–water partition coefficient (Wildman–Crippen LogP) is 5.95. The summed E-state index contributed by atoms with van der Waals surface area (Å²) in [4.78, 5) is 0. The second-order valence-electron chi connectivity index (χ2n) is 4.69. The summed E-state index contributed by atoms with van der Waals surface area (Å²) in [6.07, 6.45) is -4.71. The minimum Gasteiger partial charge on any atom is -0.199 e. The lowest BCUT2D eigenvalue weighted by molar-refractivity contribution is -0.424. The van der Waals surface area contributed by atoms with E-state index in [9.17, 15) is 52.7 Å². The van der Waals surface area contributed by atoms with Gasteiger partial charge in [-0.15, -0.1) is 13.2 Å². The molecule has 0 atom stereocenters. The van der Waals surface area contributed by atoms with Gasteiger partial charge in [0, 0.05) is 12.8 Å². The molecular formula is C12H10F12. The lowest BCUT2D eigenvalue weighted by atomic mass is 9.89. The molecule has 0 saturated carbocycles. The molecule has 0 heterocycles. The molecule has 24 heavy (non-hydrogen) atoms. The van der Waals surface area contributed by atoms with Crippen LogP contribution in [0.3, 0.4) is 0 Å². The largest absolute Gasteiger partial charge is 0.384 e. The molecular weight excluding hydrogens is 372 g/mol. The highest BCUT2D eigenvalue weighted by Crippen LogP contribution is 2.60. The predicted molar refractivity (Wildman–Crippen MR) is 59.3 cm³/mol. The second-order valence-corrected chi connectivity index (χ2v) is 4.69. The summed E-state index contributed by atoms with van der Waals surface area (Å²) in [7, 11) is 0. The SMILES string of the molecule is C=CCC(F)(F)C(F)(F)C(F)(F)C(F)(F)C(F)(F)C(F)(F)CC=C. The highest BCUT2D eigenvalue weighted by atomic mass is 19.4. The molecule has 0 saturated heterocycles. The Kier molecular flexibility index (Phi) is 5.82. The van der Waals surface area contributed by atoms with Crippen LogP contribution in [0, 0.1) is 0 Å². The quantitative estimate of drug-likeness (QED) is 0.342. The van der Waals surface area contributed by atoms with Gasteiger partial charge < -0.3 is 0 Å². The van der Waals surface area contributed by atoms with Crippen LogP contribution in [-0.2, 0) is 0 Å². The van der Waals surface area contributed by atoms with Gasteiger partial charge >= 0.3 is 35.5 Å². The van der Waals surface area contributed by atoms with E-state index in [0.29, 0.717) is 0 Å². The molecule has 0 radical (unpaired) electrons. The van der Waals surface area contributed by atoms with Gasteiger partial charge in [0.05, 0.1) is 0 Å². The van der Waals surface area contributed by atoms with Crippen LogP contribution in [0.2, 0.25) is 0 Å². The molecule has 0 aromatic rings. The summed E-state index contributed by atoms with van der Waals surface area (Å²) in [5, 5.41) is 0. The van der Waals surface area contributed by atoms with E-state index >= 15 is 0 Å². The fraction of sp³-hybridized carbons (Fsp3) is 0.667. The van der Waals surface area contributed by atoms with Gasteiger partial charge in [0.25, 0.3) is 0 Å². The van der Waals surface area contributed by atoms with Crippen molar-refractivity contribution in [3.63, 3.8) is 0 Å². The standard InChI is InChI=1S/C12H10F12/c1-3-5-7(13,14)9(17,18)11(21,22)12(23,24)10(19,20)8(15,16)6-4-2/h3-4H,1-2,5-6H2. The van der Waals surface area contributed by atoms with E-state index in [4.69, 9.17) is 0 Å². The van der Waals surface area contributed by atoms with Crippen molar-refractivity contribution in [3.8, 4) is 0 Å². The fourth-order valence-electron chi connectivity index (χ4n) is 1.47. The number of hydrogen-bond acceptors (Lipinski definition) is 0. The molecule has 0 aliphatic rings. The highest BCUT2D eigenvalue weighted by molar-refractivity contribution is 5.12. The Labute approximate surface area is 127 Å². The molecule has 0 aliphatic heterocycles. The Morgan fingerprint density at radius 1 is 0.458 bits per heavy atom. The van der Waals surface area contributed by atoms with Gasteiger partial charge in [0.2, 0.25) is 0 Å². The Balaban J connectivity index is 6.25. The molecule has 0 aromatic heterocycles. The van der Waals surface area contributed by atoms with Crippen molar-refractivity contribution in [3.05, 3.63) is 25.3 Å². The Bertz CT molecular complexity index is 432. The zero-order valence-electron chi connectivity index (χ0n) is 11.5. The third kappa shape index (κ3) is 2.99. The van der Waals surface area contributed by atoms with E-state index in [1.54, 1.807) is 0 Å². The van der Waals surface area contributed by atoms with E-state index in [2.05, 4.69) is 13.2 Å². The van der Waals surface area contributed by atoms with Crippen molar-refractivity contribution >= 4 is 0 Å². The Morgan fingerprint density at radius 2 is 0.667 bits per heavy atom. The molecule has 0 aromatic carbocycles. The molecule has 0 unspecified atom stereocenters. The van der Waals surface area contributed by atoms with Gasteiger partial charge in [-0.05, 0) is 0 Å². The fourth-order valence-corrected chi connectivity index (χ4v) is 1.47. The van der Waals surface area contributed by atoms with Gasteiger partial charge in [-0.1, -0.05) is 12.2 Å². The number of alkyl halides is 12. The second kappa shape index (κ2) is 6.17. The summed E-state index contributed by atoms with van der Waals surface area (Å²) in [5.74, 6) is -41.1. The van der Waals surface area contributed by atoms with Crippen LogP contribution in [0.4, 0.5) is 52.7 Å². The highest BCUT2D eigenvalue weighted by Gasteiger charge is 2.89. The average Bonchev–Trinajstić information content (AvgIpc) is 2.37. The van der Waals surface area contributed by atoms with Crippen LogP contribution < -0.4 is 0 Å². The molecule has 0 aliphatic carbocycles. The molecule has 0 N–H and O–H groups in total. The van der Waals surface area contributed by atoms with Gasteiger partial charge in [-0.3, -0.25) is 0 Å². The Morgan fingerprint density at radius 3 is 0.833 bits per heavy atom. The molecule has 142 valence electrons. The van der Waals surface area contributed by atoms with Gasteiger partial charge in [-0.2, -0.15) is 52.7 Å². The monoisotopic (exact) mass is 382 g/mol. The minimum atomic E-state index is -7.51. The maximum Gasteiger partial charge on any atom is 0.384 e. The lowest BCUT2D eigenvalue weighted by Crippen LogP contribution is -2.70. The molecule has 0 fully saturated rings. The summed E-state index contributed by atoms with van der Waals surface area (Å²) < 4.78 is 157. The average molecular weight is 382 g/mol. The van der Waals surface area contributed by atoms with Crippen molar-refractivity contribution in [1.29, 1.82) is 0 Å². The number of hydrogen-bond donors (Lipinski definition) is 0. The minimum absolute atomic E-state index is 0.0629. The zero-order chi connectivity index (χ0) is 19.8. The van der Waals surface area contributed by atoms with Crippen LogP contribution in [0.5, 0.6) is 0 Å². The van der Waals surface area contributed by atoms with Crippen LogP contribution in [0.1, 0.15) is 12.8 Å². The molecule has 12 heteroatoms. The van der Waals surface area contributed by atoms with E-state index in [0.717, 1.165) is 0 Å². The van der Waals surface area contributed by atoms with Crippen LogP contribution in [-0.4, -0.2) is 35.5 Å². The normalized spacial score (nSPS) is 15.3. The molecule has 0 amide bonds. The third-order valence-electron chi connectivity index (χ3n) is 2.90. The number of halogens is 12. The van der Waals surface area contributed by atoms with E-state index in [1.807, 2.05) is 0 Å².